The summed E-state index contributed by atoms with van der Waals surface area (Å²) in [6.45, 7) is 18.3. The van der Waals surface area contributed by atoms with Gasteiger partial charge in [0, 0.05) is 75.5 Å². The van der Waals surface area contributed by atoms with Gasteiger partial charge in [-0.2, -0.15) is 5.26 Å². The van der Waals surface area contributed by atoms with Crippen LogP contribution in [0.4, 0.5) is 5.82 Å². The molecule has 1 aromatic carbocycles. The zero-order valence-corrected chi connectivity index (χ0v) is 34.7. The molecule has 3 N–H and O–H groups in total. The third-order valence-corrected chi connectivity index (χ3v) is 11.7. The summed E-state index contributed by atoms with van der Waals surface area (Å²) >= 11 is 6.23. The zero-order chi connectivity index (χ0) is 41.0. The number of nitriles is 1. The van der Waals surface area contributed by atoms with Gasteiger partial charge in [-0.05, 0) is 42.5 Å². The van der Waals surface area contributed by atoms with E-state index < -0.39 is 17.5 Å². The lowest BCUT2D eigenvalue weighted by Crippen LogP contribution is -2.74. The molecule has 14 nitrogen and oxygen atoms in total. The quantitative estimate of drug-likeness (QED) is 0.255. The molecule has 304 valence electrons. The Morgan fingerprint density at radius 1 is 1.04 bits per heavy atom. The molecule has 2 unspecified atom stereocenters. The van der Waals surface area contributed by atoms with Crippen LogP contribution in [-0.2, 0) is 19.1 Å². The van der Waals surface area contributed by atoms with E-state index in [9.17, 15) is 24.4 Å². The number of ether oxygens (including phenoxy) is 2. The van der Waals surface area contributed by atoms with Gasteiger partial charge in [-0.3, -0.25) is 24.1 Å². The van der Waals surface area contributed by atoms with E-state index in [-0.39, 0.29) is 53.2 Å². The van der Waals surface area contributed by atoms with E-state index in [0.717, 1.165) is 38.4 Å². The fraction of sp³-hybridized carbons (Fsp3) is 0.610. The number of likely N-dealkylation sites (tertiary alicyclic amines) is 1. The van der Waals surface area contributed by atoms with Gasteiger partial charge in [0.05, 0.1) is 22.8 Å². The van der Waals surface area contributed by atoms with Crippen molar-refractivity contribution in [1.29, 1.82) is 5.26 Å². The smallest absolute Gasteiger partial charge is 0.253 e. The normalized spacial score (nSPS) is 22.3. The summed E-state index contributed by atoms with van der Waals surface area (Å²) in [4.78, 5) is 62.8. The molecule has 56 heavy (non-hydrogen) atoms. The van der Waals surface area contributed by atoms with Crippen molar-refractivity contribution < 1.29 is 28.7 Å². The number of anilines is 1. The summed E-state index contributed by atoms with van der Waals surface area (Å²) in [7, 11) is 1.56. The summed E-state index contributed by atoms with van der Waals surface area (Å²) in [5.41, 5.74) is -0.454. The van der Waals surface area contributed by atoms with Gasteiger partial charge in [0.15, 0.2) is 0 Å². The molecule has 3 aliphatic rings. The molecule has 1 aliphatic carbocycles. The Labute approximate surface area is 335 Å². The molecule has 5 rings (SSSR count). The molecule has 0 radical (unpaired) electrons. The number of hydrogen-bond donors (Lipinski definition) is 3. The predicted octanol–water partition coefficient (Wildman–Crippen LogP) is 3.63. The van der Waals surface area contributed by atoms with Gasteiger partial charge in [-0.15, -0.1) is 0 Å². The minimum absolute atomic E-state index is 0.165. The van der Waals surface area contributed by atoms with Crippen LogP contribution in [0.15, 0.2) is 36.5 Å². The number of amides is 4. The molecule has 1 aromatic heterocycles. The van der Waals surface area contributed by atoms with Crippen LogP contribution >= 0.6 is 11.6 Å². The maximum absolute atomic E-state index is 13.5. The number of halogens is 1. The fourth-order valence-corrected chi connectivity index (χ4v) is 8.78. The Morgan fingerprint density at radius 2 is 1.73 bits per heavy atom. The fourth-order valence-electron chi connectivity index (χ4n) is 8.56. The van der Waals surface area contributed by atoms with Crippen LogP contribution in [0.3, 0.4) is 0 Å². The third kappa shape index (κ3) is 9.39. The number of pyridine rings is 1. The van der Waals surface area contributed by atoms with Crippen molar-refractivity contribution in [3.05, 3.63) is 52.7 Å². The molecule has 3 heterocycles. The average molecular weight is 793 g/mol. The molecule has 0 spiro atoms. The third-order valence-electron chi connectivity index (χ3n) is 11.4. The number of piperazine rings is 1. The lowest BCUT2D eigenvalue weighted by atomic mass is 9.49. The number of rotatable bonds is 13. The number of nitrogens with zero attached hydrogens (tertiary/aromatic N) is 5. The van der Waals surface area contributed by atoms with Crippen LogP contribution in [0, 0.1) is 27.6 Å². The first-order valence-electron chi connectivity index (χ1n) is 19.4. The highest BCUT2D eigenvalue weighted by Crippen LogP contribution is 2.55. The Morgan fingerprint density at radius 3 is 2.32 bits per heavy atom. The number of likely N-dealkylation sites (N-methyl/N-ethyl adjacent to an activating group) is 1. The largest absolute Gasteiger partial charge is 0.489 e. The molecule has 2 aromatic rings. The monoisotopic (exact) mass is 792 g/mol. The number of carbonyl (C=O) groups excluding carboxylic acids is 4. The first-order chi connectivity index (χ1) is 26.4. The Balaban J connectivity index is 1.04. The predicted molar refractivity (Wildman–Crippen MR) is 213 cm³/mol. The van der Waals surface area contributed by atoms with Gasteiger partial charge in [-0.25, -0.2) is 4.98 Å². The van der Waals surface area contributed by atoms with Gasteiger partial charge < -0.3 is 35.2 Å². The summed E-state index contributed by atoms with van der Waals surface area (Å²) in [6, 6.07) is 9.31. The zero-order valence-electron chi connectivity index (χ0n) is 33.9. The second kappa shape index (κ2) is 17.4. The van der Waals surface area contributed by atoms with Gasteiger partial charge >= 0.3 is 0 Å². The Kier molecular flexibility index (Phi) is 13.2. The van der Waals surface area contributed by atoms with Gasteiger partial charge in [0.25, 0.3) is 5.91 Å². The summed E-state index contributed by atoms with van der Waals surface area (Å²) in [6.07, 6.45) is 2.76. The number of nitrogens with one attached hydrogen (secondary N) is 3. The Bertz CT molecular complexity index is 1780. The van der Waals surface area contributed by atoms with Crippen molar-refractivity contribution in [1.82, 2.24) is 30.7 Å². The van der Waals surface area contributed by atoms with Crippen molar-refractivity contribution in [3.8, 4) is 11.8 Å². The minimum atomic E-state index is -0.785. The van der Waals surface area contributed by atoms with Gasteiger partial charge in [0.1, 0.15) is 42.4 Å². The molecule has 2 atom stereocenters. The van der Waals surface area contributed by atoms with E-state index in [4.69, 9.17) is 21.1 Å². The summed E-state index contributed by atoms with van der Waals surface area (Å²) < 4.78 is 12.1. The number of benzene rings is 1. The lowest BCUT2D eigenvalue weighted by molar-refractivity contribution is -0.164. The molecule has 3 fully saturated rings. The molecule has 2 saturated heterocycles. The second-order valence-corrected chi connectivity index (χ2v) is 17.7. The van der Waals surface area contributed by atoms with E-state index in [2.05, 4.69) is 64.5 Å². The standard InChI is InChI=1S/C41H57ClN8O6/c1-39(2,3)33(36(54)50-15-9-10-30(50)35(53)44-8)46-32(51)25-55-21-20-48-16-18-49(19-17-48)31-14-12-27(24-45-31)34(52)47-37-40(4,5)38(41(37,6)7)56-28-13-11-26(23-43)29(42)22-28/h11-14,22,24,30,33,37-38H,9-10,15-21,25H2,1-8H3,(H,44,53)(H,46,51)(H,47,52). The van der Waals surface area contributed by atoms with Crippen LogP contribution in [0.5, 0.6) is 5.75 Å². The highest BCUT2D eigenvalue weighted by molar-refractivity contribution is 6.31. The summed E-state index contributed by atoms with van der Waals surface area (Å²) in [5.74, 6) is 0.364. The SMILES string of the molecule is CNC(=O)C1CCCN1C(=O)C(NC(=O)COCCN1CCN(c2ccc(C(=O)NC3C(C)(C)C(Oc4ccc(C#N)c(Cl)c4)C3(C)C)cn2)CC1)C(C)(C)C. The van der Waals surface area contributed by atoms with Crippen molar-refractivity contribution in [2.24, 2.45) is 16.2 Å². The maximum atomic E-state index is 13.5. The van der Waals surface area contributed by atoms with Crippen LogP contribution in [-0.4, -0.2) is 122 Å². The molecule has 15 heteroatoms. The first-order valence-corrected chi connectivity index (χ1v) is 19.8. The highest BCUT2D eigenvalue weighted by Gasteiger charge is 2.64. The van der Waals surface area contributed by atoms with Gasteiger partial charge in [-0.1, -0.05) is 60.1 Å². The maximum Gasteiger partial charge on any atom is 0.253 e. The van der Waals surface area contributed by atoms with E-state index in [1.807, 2.05) is 26.8 Å². The molecular weight excluding hydrogens is 736 g/mol. The molecule has 2 aliphatic heterocycles. The molecule has 1 saturated carbocycles. The van der Waals surface area contributed by atoms with Crippen LogP contribution in [0.2, 0.25) is 5.02 Å². The van der Waals surface area contributed by atoms with Crippen molar-refractivity contribution in [3.63, 3.8) is 0 Å². The lowest BCUT2D eigenvalue weighted by Gasteiger charge is -2.63. The first kappa shape index (κ1) is 42.7. The van der Waals surface area contributed by atoms with Crippen LogP contribution < -0.4 is 25.6 Å². The van der Waals surface area contributed by atoms with Gasteiger partial charge in [0.2, 0.25) is 17.7 Å². The van der Waals surface area contributed by atoms with Crippen LogP contribution in [0.25, 0.3) is 0 Å². The topological polar surface area (TPSA) is 169 Å². The average Bonchev–Trinajstić information content (AvgIpc) is 3.66. The minimum Gasteiger partial charge on any atom is -0.489 e. The second-order valence-electron chi connectivity index (χ2n) is 17.3. The van der Waals surface area contributed by atoms with E-state index in [1.54, 1.807) is 42.4 Å². The number of hydrogen-bond acceptors (Lipinski definition) is 10. The van der Waals surface area contributed by atoms with Crippen molar-refractivity contribution >= 4 is 41.0 Å². The van der Waals surface area contributed by atoms with E-state index in [1.165, 1.54) is 0 Å². The Hall–Kier alpha value is -4.45. The van der Waals surface area contributed by atoms with Crippen molar-refractivity contribution in [2.75, 3.05) is 64.4 Å². The summed E-state index contributed by atoms with van der Waals surface area (Å²) in [5, 5.41) is 18.3. The molecular formula is C41H57ClN8O6. The van der Waals surface area contributed by atoms with E-state index in [0.29, 0.717) is 48.0 Å². The van der Waals surface area contributed by atoms with E-state index >= 15 is 0 Å². The molecule has 0 bridgehead atoms. The van der Waals surface area contributed by atoms with Crippen molar-refractivity contribution in [2.45, 2.75) is 85.5 Å². The van der Waals surface area contributed by atoms with Crippen LogP contribution in [0.1, 0.15) is 77.2 Å². The number of aromatic nitrogens is 1. The highest BCUT2D eigenvalue weighted by atomic mass is 35.5. The molecule has 4 amide bonds. The number of carbonyl (C=O) groups is 4.